The molecule has 0 spiro atoms. The predicted molar refractivity (Wildman–Crippen MR) is 90.8 cm³/mol. The minimum Gasteiger partial charge on any atom is -0.467 e. The zero-order valence-corrected chi connectivity index (χ0v) is 14.8. The van der Waals surface area contributed by atoms with Crippen molar-refractivity contribution in [1.82, 2.24) is 5.32 Å². The molecule has 1 amide bonds. The van der Waals surface area contributed by atoms with Crippen LogP contribution < -0.4 is 5.32 Å². The largest absolute Gasteiger partial charge is 0.467 e. The number of rotatable bonds is 3. The van der Waals surface area contributed by atoms with Crippen molar-refractivity contribution < 1.29 is 14.3 Å². The third-order valence-corrected chi connectivity index (χ3v) is 6.42. The highest BCUT2D eigenvalue weighted by atomic mass is 32.1. The van der Waals surface area contributed by atoms with Gasteiger partial charge in [0.25, 0.3) is 5.91 Å². The van der Waals surface area contributed by atoms with Crippen LogP contribution in [0.15, 0.2) is 6.07 Å². The Bertz CT molecular complexity index is 601. The Labute approximate surface area is 141 Å². The minimum atomic E-state index is -0.831. The van der Waals surface area contributed by atoms with Crippen LogP contribution in [-0.4, -0.2) is 24.5 Å². The third kappa shape index (κ3) is 3.30. The van der Waals surface area contributed by atoms with Gasteiger partial charge in [-0.3, -0.25) is 4.79 Å². The van der Waals surface area contributed by atoms with Gasteiger partial charge >= 0.3 is 5.97 Å². The highest BCUT2D eigenvalue weighted by Gasteiger charge is 2.42. The molecule has 1 saturated carbocycles. The Morgan fingerprint density at radius 2 is 2.04 bits per heavy atom. The van der Waals surface area contributed by atoms with Crippen molar-refractivity contribution in [3.8, 4) is 0 Å². The van der Waals surface area contributed by atoms with Gasteiger partial charge in [0, 0.05) is 4.88 Å². The summed E-state index contributed by atoms with van der Waals surface area (Å²) in [4.78, 5) is 27.1. The number of fused-ring (bicyclic) bond motifs is 1. The van der Waals surface area contributed by atoms with Gasteiger partial charge in [0.05, 0.1) is 12.0 Å². The summed E-state index contributed by atoms with van der Waals surface area (Å²) in [5, 5.41) is 3.02. The number of carbonyl (C=O) groups is 2. The first-order chi connectivity index (χ1) is 11.0. The molecule has 5 heteroatoms. The minimum absolute atomic E-state index is 0.121. The van der Waals surface area contributed by atoms with Gasteiger partial charge in [-0.2, -0.15) is 0 Å². The third-order valence-electron chi connectivity index (χ3n) is 5.19. The Morgan fingerprint density at radius 1 is 1.30 bits per heavy atom. The van der Waals surface area contributed by atoms with Crippen LogP contribution in [0.5, 0.6) is 0 Å². The number of hydrogen-bond acceptors (Lipinski definition) is 4. The molecule has 3 rings (SSSR count). The maximum Gasteiger partial charge on any atom is 0.331 e. The van der Waals surface area contributed by atoms with Gasteiger partial charge in [0.1, 0.15) is 5.54 Å². The van der Waals surface area contributed by atoms with E-state index >= 15 is 0 Å². The lowest BCUT2D eigenvalue weighted by Gasteiger charge is -2.35. The monoisotopic (exact) mass is 335 g/mol. The molecule has 0 radical (unpaired) electrons. The molecular formula is C18H25NO3S. The lowest BCUT2D eigenvalue weighted by atomic mass is 9.81. The van der Waals surface area contributed by atoms with Crippen molar-refractivity contribution >= 4 is 23.2 Å². The molecule has 1 aromatic heterocycles. The molecule has 0 aliphatic heterocycles. The van der Waals surface area contributed by atoms with Crippen LogP contribution in [0.25, 0.3) is 0 Å². The van der Waals surface area contributed by atoms with E-state index < -0.39 is 5.54 Å². The summed E-state index contributed by atoms with van der Waals surface area (Å²) < 4.78 is 4.97. The second kappa shape index (κ2) is 6.63. The molecule has 1 aromatic rings. The van der Waals surface area contributed by atoms with E-state index in [4.69, 9.17) is 4.74 Å². The number of nitrogens with one attached hydrogen (secondary N) is 1. The van der Waals surface area contributed by atoms with Crippen LogP contribution in [0.2, 0.25) is 0 Å². The first kappa shape index (κ1) is 16.5. The van der Waals surface area contributed by atoms with Crippen LogP contribution in [0, 0.1) is 5.92 Å². The van der Waals surface area contributed by atoms with E-state index in [2.05, 4.69) is 12.2 Å². The topological polar surface area (TPSA) is 55.4 Å². The maximum atomic E-state index is 12.7. The van der Waals surface area contributed by atoms with Crippen molar-refractivity contribution in [2.24, 2.45) is 5.92 Å². The fraction of sp³-hybridized carbons (Fsp3) is 0.667. The zero-order valence-electron chi connectivity index (χ0n) is 13.9. The number of amides is 1. The molecule has 1 atom stereocenters. The summed E-state index contributed by atoms with van der Waals surface area (Å²) in [6, 6.07) is 2.03. The summed E-state index contributed by atoms with van der Waals surface area (Å²) >= 11 is 1.59. The van der Waals surface area contributed by atoms with Crippen molar-refractivity contribution in [2.45, 2.75) is 63.8 Å². The Hall–Kier alpha value is -1.36. The van der Waals surface area contributed by atoms with Gasteiger partial charge in [-0.1, -0.05) is 26.2 Å². The first-order valence-corrected chi connectivity index (χ1v) is 9.38. The fourth-order valence-corrected chi connectivity index (χ4v) is 4.93. The van der Waals surface area contributed by atoms with Gasteiger partial charge in [0.2, 0.25) is 0 Å². The van der Waals surface area contributed by atoms with Crippen LogP contribution in [0.1, 0.15) is 65.6 Å². The van der Waals surface area contributed by atoms with Crippen molar-refractivity contribution in [1.29, 1.82) is 0 Å². The molecule has 4 nitrogen and oxygen atoms in total. The number of ether oxygens (including phenoxy) is 1. The van der Waals surface area contributed by atoms with Crippen LogP contribution in [0.3, 0.4) is 0 Å². The highest BCUT2D eigenvalue weighted by molar-refractivity contribution is 7.14. The quantitative estimate of drug-likeness (QED) is 0.861. The van der Waals surface area contributed by atoms with Gasteiger partial charge < -0.3 is 10.1 Å². The van der Waals surface area contributed by atoms with Crippen molar-refractivity contribution in [3.63, 3.8) is 0 Å². The second-order valence-electron chi connectivity index (χ2n) is 7.00. The molecule has 2 aliphatic carbocycles. The van der Waals surface area contributed by atoms with Gasteiger partial charge in [0.15, 0.2) is 0 Å². The molecule has 1 N–H and O–H groups in total. The number of esters is 1. The second-order valence-corrected chi connectivity index (χ2v) is 8.13. The lowest BCUT2D eigenvalue weighted by Crippen LogP contribution is -2.56. The van der Waals surface area contributed by atoms with Crippen molar-refractivity contribution in [3.05, 3.63) is 21.4 Å². The van der Waals surface area contributed by atoms with Crippen LogP contribution in [0.4, 0.5) is 0 Å². The Balaban J connectivity index is 1.78. The molecule has 2 aliphatic rings. The summed E-state index contributed by atoms with van der Waals surface area (Å²) in [6.07, 6.45) is 7.68. The first-order valence-electron chi connectivity index (χ1n) is 8.56. The van der Waals surface area contributed by atoms with Crippen LogP contribution in [-0.2, 0) is 22.4 Å². The van der Waals surface area contributed by atoms with E-state index in [1.165, 1.54) is 24.0 Å². The van der Waals surface area contributed by atoms with Crippen LogP contribution >= 0.6 is 11.3 Å². The van der Waals surface area contributed by atoms with E-state index in [0.29, 0.717) is 18.8 Å². The molecule has 0 bridgehead atoms. The van der Waals surface area contributed by atoms with Gasteiger partial charge in [-0.05, 0) is 49.7 Å². The average molecular weight is 335 g/mol. The normalized spacial score (nSPS) is 23.0. The van der Waals surface area contributed by atoms with Gasteiger partial charge in [-0.25, -0.2) is 4.79 Å². The number of hydrogen-bond donors (Lipinski definition) is 1. The van der Waals surface area contributed by atoms with E-state index in [1.807, 2.05) is 6.07 Å². The Kier molecular flexibility index (Phi) is 4.76. The Morgan fingerprint density at radius 3 is 2.74 bits per heavy atom. The molecule has 1 heterocycles. The van der Waals surface area contributed by atoms with Gasteiger partial charge in [-0.15, -0.1) is 11.3 Å². The maximum absolute atomic E-state index is 12.7. The molecule has 0 unspecified atom stereocenters. The molecule has 126 valence electrons. The summed E-state index contributed by atoms with van der Waals surface area (Å²) in [5.41, 5.74) is 0.483. The van der Waals surface area contributed by atoms with E-state index in [9.17, 15) is 9.59 Å². The average Bonchev–Trinajstić information content (AvgIpc) is 2.98. The SMILES string of the molecule is COC(=O)C1(NC(=O)c2cc3c(s2)CC[C@H](C)C3)CCCCC1. The number of thiophene rings is 1. The predicted octanol–water partition coefficient (Wildman–Crippen LogP) is 3.48. The van der Waals surface area contributed by atoms with E-state index in [-0.39, 0.29) is 11.9 Å². The number of aryl methyl sites for hydroxylation is 1. The van der Waals surface area contributed by atoms with E-state index in [0.717, 1.165) is 37.0 Å². The number of methoxy groups -OCH3 is 1. The highest BCUT2D eigenvalue weighted by Crippen LogP contribution is 2.34. The summed E-state index contributed by atoms with van der Waals surface area (Å²) in [5.74, 6) is 0.262. The smallest absolute Gasteiger partial charge is 0.331 e. The lowest BCUT2D eigenvalue weighted by molar-refractivity contribution is -0.149. The summed E-state index contributed by atoms with van der Waals surface area (Å²) in [7, 11) is 1.40. The zero-order chi connectivity index (χ0) is 16.4. The molecular weight excluding hydrogens is 310 g/mol. The molecule has 0 aromatic carbocycles. The molecule has 23 heavy (non-hydrogen) atoms. The van der Waals surface area contributed by atoms with Crippen molar-refractivity contribution in [2.75, 3.05) is 7.11 Å². The summed E-state index contributed by atoms with van der Waals surface area (Å²) in [6.45, 7) is 2.26. The fourth-order valence-electron chi connectivity index (χ4n) is 3.83. The molecule has 1 fully saturated rings. The number of carbonyl (C=O) groups excluding carboxylic acids is 2. The molecule has 0 saturated heterocycles. The standard InChI is InChI=1S/C18H25NO3S/c1-12-6-7-14-13(10-12)11-15(23-14)16(20)19-18(17(21)22-2)8-4-3-5-9-18/h11-12H,3-10H2,1-2H3,(H,19,20)/t12-/m0/s1. The van der Waals surface area contributed by atoms with E-state index in [1.54, 1.807) is 11.3 Å².